The van der Waals surface area contributed by atoms with Gasteiger partial charge in [-0.2, -0.15) is 0 Å². The molecule has 0 fully saturated rings. The Bertz CT molecular complexity index is 331. The number of aryl methyl sites for hydroxylation is 1. The summed E-state index contributed by atoms with van der Waals surface area (Å²) in [5, 5.41) is 0. The predicted octanol–water partition coefficient (Wildman–Crippen LogP) is 1.95. The third-order valence-electron chi connectivity index (χ3n) is 2.68. The van der Waals surface area contributed by atoms with Crippen LogP contribution in [0.4, 0.5) is 0 Å². The first-order valence-electron chi connectivity index (χ1n) is 4.63. The highest BCUT2D eigenvalue weighted by atomic mass is 16.5. The molecule has 1 unspecified atom stereocenters. The fourth-order valence-corrected chi connectivity index (χ4v) is 1.99. The summed E-state index contributed by atoms with van der Waals surface area (Å²) in [6, 6.07) is 6.08. The van der Waals surface area contributed by atoms with Crippen molar-refractivity contribution >= 4 is 0 Å². The van der Waals surface area contributed by atoms with Gasteiger partial charge in [0.2, 0.25) is 0 Å². The maximum absolute atomic E-state index is 6.21. The largest absolute Gasteiger partial charge is 0.493 e. The molecule has 1 aromatic carbocycles. The zero-order valence-electron chi connectivity index (χ0n) is 8.13. The van der Waals surface area contributed by atoms with Gasteiger partial charge in [0.1, 0.15) is 5.75 Å². The highest BCUT2D eigenvalue weighted by molar-refractivity contribution is 5.45. The second kappa shape index (κ2) is 2.74. The van der Waals surface area contributed by atoms with Gasteiger partial charge in [0.05, 0.1) is 6.61 Å². The Labute approximate surface area is 78.7 Å². The zero-order valence-corrected chi connectivity index (χ0v) is 8.13. The first-order chi connectivity index (χ1) is 6.11. The lowest BCUT2D eigenvalue weighted by atomic mass is 9.85. The van der Waals surface area contributed by atoms with Crippen LogP contribution in [0.25, 0.3) is 0 Å². The van der Waals surface area contributed by atoms with Gasteiger partial charge in [-0.15, -0.1) is 0 Å². The fourth-order valence-electron chi connectivity index (χ4n) is 1.99. The van der Waals surface area contributed by atoms with Crippen molar-refractivity contribution in [2.75, 3.05) is 6.61 Å². The average Bonchev–Trinajstić information content (AvgIpc) is 2.02. The maximum Gasteiger partial charge on any atom is 0.124 e. The average molecular weight is 177 g/mol. The van der Waals surface area contributed by atoms with E-state index in [2.05, 4.69) is 19.9 Å². The Morgan fingerprint density at radius 2 is 2.23 bits per heavy atom. The molecule has 2 N–H and O–H groups in total. The molecule has 0 saturated carbocycles. The molecule has 1 aromatic rings. The first-order valence-corrected chi connectivity index (χ1v) is 4.63. The third-order valence-corrected chi connectivity index (χ3v) is 2.68. The summed E-state index contributed by atoms with van der Waals surface area (Å²) in [6.45, 7) is 4.88. The number of hydrogen-bond donors (Lipinski definition) is 1. The quantitative estimate of drug-likeness (QED) is 0.657. The van der Waals surface area contributed by atoms with E-state index in [9.17, 15) is 0 Å². The minimum Gasteiger partial charge on any atom is -0.493 e. The molecule has 2 nitrogen and oxygen atoms in total. The normalized spacial score (nSPS) is 26.4. The Hall–Kier alpha value is -1.02. The SMILES string of the molecule is Cc1cccc2c1C(C)(N)CCO2. The highest BCUT2D eigenvalue weighted by Gasteiger charge is 2.30. The van der Waals surface area contributed by atoms with Gasteiger partial charge < -0.3 is 10.5 Å². The van der Waals surface area contributed by atoms with E-state index in [1.807, 2.05) is 12.1 Å². The lowest BCUT2D eigenvalue weighted by molar-refractivity contribution is 0.226. The molecule has 0 aliphatic carbocycles. The molecule has 70 valence electrons. The summed E-state index contributed by atoms with van der Waals surface area (Å²) >= 11 is 0. The van der Waals surface area contributed by atoms with Crippen molar-refractivity contribution in [2.45, 2.75) is 25.8 Å². The third kappa shape index (κ3) is 1.31. The van der Waals surface area contributed by atoms with Crippen LogP contribution in [0.5, 0.6) is 5.75 Å². The minimum atomic E-state index is -0.223. The van der Waals surface area contributed by atoms with Crippen LogP contribution >= 0.6 is 0 Å². The van der Waals surface area contributed by atoms with Gasteiger partial charge in [-0.3, -0.25) is 0 Å². The molecule has 1 aliphatic rings. The van der Waals surface area contributed by atoms with Crippen LogP contribution < -0.4 is 10.5 Å². The van der Waals surface area contributed by atoms with Crippen molar-refractivity contribution in [2.24, 2.45) is 5.73 Å². The Balaban J connectivity index is 2.61. The second-order valence-electron chi connectivity index (χ2n) is 3.96. The van der Waals surface area contributed by atoms with Crippen LogP contribution in [-0.2, 0) is 5.54 Å². The molecule has 1 atom stereocenters. The molecule has 0 aromatic heterocycles. The van der Waals surface area contributed by atoms with E-state index in [4.69, 9.17) is 10.5 Å². The molecule has 0 radical (unpaired) electrons. The van der Waals surface area contributed by atoms with Gasteiger partial charge in [0.25, 0.3) is 0 Å². The van der Waals surface area contributed by atoms with Crippen molar-refractivity contribution in [3.63, 3.8) is 0 Å². The topological polar surface area (TPSA) is 35.2 Å². The summed E-state index contributed by atoms with van der Waals surface area (Å²) in [5.74, 6) is 0.955. The summed E-state index contributed by atoms with van der Waals surface area (Å²) in [7, 11) is 0. The Morgan fingerprint density at radius 3 is 2.92 bits per heavy atom. The molecule has 0 saturated heterocycles. The Kier molecular flexibility index (Phi) is 1.81. The minimum absolute atomic E-state index is 0.223. The lowest BCUT2D eigenvalue weighted by Crippen LogP contribution is -2.39. The van der Waals surface area contributed by atoms with E-state index in [0.29, 0.717) is 0 Å². The number of benzene rings is 1. The van der Waals surface area contributed by atoms with Crippen LogP contribution in [0.1, 0.15) is 24.5 Å². The molecule has 1 aliphatic heterocycles. The van der Waals surface area contributed by atoms with Crippen molar-refractivity contribution in [3.05, 3.63) is 29.3 Å². The number of hydrogen-bond acceptors (Lipinski definition) is 2. The van der Waals surface area contributed by atoms with E-state index in [1.165, 1.54) is 11.1 Å². The molecular weight excluding hydrogens is 162 g/mol. The summed E-state index contributed by atoms with van der Waals surface area (Å²) < 4.78 is 5.56. The van der Waals surface area contributed by atoms with Crippen molar-refractivity contribution < 1.29 is 4.74 Å². The van der Waals surface area contributed by atoms with Gasteiger partial charge in [0.15, 0.2) is 0 Å². The van der Waals surface area contributed by atoms with Crippen LogP contribution in [0.15, 0.2) is 18.2 Å². The second-order valence-corrected chi connectivity index (χ2v) is 3.96. The monoisotopic (exact) mass is 177 g/mol. The molecule has 0 bridgehead atoms. The van der Waals surface area contributed by atoms with E-state index in [1.54, 1.807) is 0 Å². The van der Waals surface area contributed by atoms with E-state index >= 15 is 0 Å². The summed E-state index contributed by atoms with van der Waals surface area (Å²) in [4.78, 5) is 0. The number of fused-ring (bicyclic) bond motifs is 1. The van der Waals surface area contributed by atoms with E-state index in [-0.39, 0.29) is 5.54 Å². The summed E-state index contributed by atoms with van der Waals surface area (Å²) in [5.41, 5.74) is 8.38. The van der Waals surface area contributed by atoms with Crippen LogP contribution in [0.2, 0.25) is 0 Å². The van der Waals surface area contributed by atoms with Crippen molar-refractivity contribution in [1.82, 2.24) is 0 Å². The highest BCUT2D eigenvalue weighted by Crippen LogP contribution is 2.36. The van der Waals surface area contributed by atoms with Gasteiger partial charge in [-0.25, -0.2) is 0 Å². The number of ether oxygens (including phenoxy) is 1. The molecule has 1 heterocycles. The fraction of sp³-hybridized carbons (Fsp3) is 0.455. The molecule has 2 heteroatoms. The standard InChI is InChI=1S/C11H15NO/c1-8-4-3-5-9-10(8)11(2,12)6-7-13-9/h3-5H,6-7,12H2,1-2H3. The molecule has 2 rings (SSSR count). The van der Waals surface area contributed by atoms with Crippen molar-refractivity contribution in [3.8, 4) is 5.75 Å². The molecule has 0 amide bonds. The lowest BCUT2D eigenvalue weighted by Gasteiger charge is -2.33. The van der Waals surface area contributed by atoms with Gasteiger partial charge >= 0.3 is 0 Å². The zero-order chi connectivity index (χ0) is 9.47. The molecular formula is C11H15NO. The van der Waals surface area contributed by atoms with Crippen LogP contribution in [-0.4, -0.2) is 6.61 Å². The summed E-state index contributed by atoms with van der Waals surface area (Å²) in [6.07, 6.45) is 0.894. The van der Waals surface area contributed by atoms with Crippen molar-refractivity contribution in [1.29, 1.82) is 0 Å². The number of nitrogens with two attached hydrogens (primary N) is 1. The molecule has 13 heavy (non-hydrogen) atoms. The van der Waals surface area contributed by atoms with Crippen LogP contribution in [0, 0.1) is 6.92 Å². The molecule has 0 spiro atoms. The number of rotatable bonds is 0. The van der Waals surface area contributed by atoms with Crippen LogP contribution in [0.3, 0.4) is 0 Å². The smallest absolute Gasteiger partial charge is 0.124 e. The van der Waals surface area contributed by atoms with Gasteiger partial charge in [-0.1, -0.05) is 12.1 Å². The predicted molar refractivity (Wildman–Crippen MR) is 52.8 cm³/mol. The Morgan fingerprint density at radius 1 is 1.46 bits per heavy atom. The maximum atomic E-state index is 6.21. The first kappa shape index (κ1) is 8.57. The van der Waals surface area contributed by atoms with E-state index < -0.39 is 0 Å². The van der Waals surface area contributed by atoms with Gasteiger partial charge in [0, 0.05) is 17.5 Å². The van der Waals surface area contributed by atoms with Gasteiger partial charge in [-0.05, 0) is 25.5 Å². The van der Waals surface area contributed by atoms with E-state index in [0.717, 1.165) is 18.8 Å².